The summed E-state index contributed by atoms with van der Waals surface area (Å²) in [6.07, 6.45) is 2.84. The van der Waals surface area contributed by atoms with Crippen molar-refractivity contribution in [2.24, 2.45) is 5.73 Å². The third kappa shape index (κ3) is 1.85. The van der Waals surface area contributed by atoms with Crippen LogP contribution in [-0.4, -0.2) is 21.0 Å². The van der Waals surface area contributed by atoms with Gasteiger partial charge < -0.3 is 5.73 Å². The highest BCUT2D eigenvalue weighted by Crippen LogP contribution is 2.21. The van der Waals surface area contributed by atoms with Crippen molar-refractivity contribution in [2.75, 3.05) is 0 Å². The fourth-order valence-corrected chi connectivity index (χ4v) is 2.38. The van der Waals surface area contributed by atoms with E-state index in [0.29, 0.717) is 0 Å². The van der Waals surface area contributed by atoms with Gasteiger partial charge in [-0.1, -0.05) is 17.3 Å². The van der Waals surface area contributed by atoms with Crippen molar-refractivity contribution in [1.82, 2.24) is 15.0 Å². The molecule has 0 spiro atoms. The second-order valence-corrected chi connectivity index (χ2v) is 4.74. The average Bonchev–Trinajstić information content (AvgIpc) is 2.71. The highest BCUT2D eigenvalue weighted by atomic mass is 15.4. The first-order valence-electron chi connectivity index (χ1n) is 6.00. The molecule has 0 bridgehead atoms. The number of benzene rings is 1. The molecular formula is C13H16N4. The van der Waals surface area contributed by atoms with Crippen LogP contribution < -0.4 is 5.73 Å². The molecule has 88 valence electrons. The number of aromatic nitrogens is 3. The van der Waals surface area contributed by atoms with Crippen molar-refractivity contribution >= 4 is 0 Å². The Morgan fingerprint density at radius 3 is 3.12 bits per heavy atom. The Morgan fingerprint density at radius 2 is 2.29 bits per heavy atom. The van der Waals surface area contributed by atoms with Gasteiger partial charge in [0, 0.05) is 12.5 Å². The molecule has 1 heterocycles. The molecule has 0 aliphatic heterocycles. The predicted molar refractivity (Wildman–Crippen MR) is 66.1 cm³/mol. The van der Waals surface area contributed by atoms with Crippen LogP contribution in [0.2, 0.25) is 0 Å². The van der Waals surface area contributed by atoms with Gasteiger partial charge >= 0.3 is 0 Å². The molecule has 1 aliphatic rings. The van der Waals surface area contributed by atoms with E-state index in [0.717, 1.165) is 30.6 Å². The standard InChI is InChI=1S/C13H16N4/c1-9-3-2-4-11(7-9)17-13-6-5-10(14)8-12(13)15-16-17/h2-4,7,10H,5-6,8,14H2,1H3. The SMILES string of the molecule is Cc1cccc(-n2nnc3c2CCC(N)C3)c1. The van der Waals surface area contributed by atoms with Crippen molar-refractivity contribution in [2.45, 2.75) is 32.2 Å². The molecule has 1 atom stereocenters. The fourth-order valence-electron chi connectivity index (χ4n) is 2.38. The summed E-state index contributed by atoms with van der Waals surface area (Å²) in [4.78, 5) is 0. The quantitative estimate of drug-likeness (QED) is 0.802. The van der Waals surface area contributed by atoms with E-state index in [1.807, 2.05) is 10.7 Å². The maximum atomic E-state index is 5.94. The molecule has 17 heavy (non-hydrogen) atoms. The summed E-state index contributed by atoms with van der Waals surface area (Å²) in [6, 6.07) is 8.57. The van der Waals surface area contributed by atoms with E-state index < -0.39 is 0 Å². The Bertz CT molecular complexity index is 544. The van der Waals surface area contributed by atoms with Crippen LogP contribution in [0.4, 0.5) is 0 Å². The molecule has 0 saturated carbocycles. The lowest BCUT2D eigenvalue weighted by molar-refractivity contribution is 0.559. The van der Waals surface area contributed by atoms with Gasteiger partial charge in [0.1, 0.15) is 0 Å². The molecule has 0 saturated heterocycles. The Labute approximate surface area is 100 Å². The molecule has 2 aromatic rings. The maximum Gasteiger partial charge on any atom is 0.0879 e. The van der Waals surface area contributed by atoms with E-state index in [4.69, 9.17) is 5.73 Å². The highest BCUT2D eigenvalue weighted by molar-refractivity contribution is 5.37. The summed E-state index contributed by atoms with van der Waals surface area (Å²) in [7, 11) is 0. The zero-order valence-corrected chi connectivity index (χ0v) is 9.93. The van der Waals surface area contributed by atoms with Crippen LogP contribution in [-0.2, 0) is 12.8 Å². The largest absolute Gasteiger partial charge is 0.327 e. The van der Waals surface area contributed by atoms with E-state index in [9.17, 15) is 0 Å². The van der Waals surface area contributed by atoms with Crippen molar-refractivity contribution in [3.05, 3.63) is 41.2 Å². The van der Waals surface area contributed by atoms with Gasteiger partial charge in [0.2, 0.25) is 0 Å². The lowest BCUT2D eigenvalue weighted by Crippen LogP contribution is -2.28. The van der Waals surface area contributed by atoms with Gasteiger partial charge in [-0.3, -0.25) is 0 Å². The number of nitrogens with two attached hydrogens (primary N) is 1. The Hall–Kier alpha value is -1.68. The van der Waals surface area contributed by atoms with Crippen LogP contribution in [0.5, 0.6) is 0 Å². The zero-order chi connectivity index (χ0) is 11.8. The van der Waals surface area contributed by atoms with Crippen LogP contribution in [0.1, 0.15) is 23.4 Å². The van der Waals surface area contributed by atoms with Gasteiger partial charge in [0.05, 0.1) is 17.1 Å². The van der Waals surface area contributed by atoms with E-state index in [1.165, 1.54) is 11.3 Å². The fraction of sp³-hybridized carbons (Fsp3) is 0.385. The van der Waals surface area contributed by atoms with Gasteiger partial charge in [0.15, 0.2) is 0 Å². The first-order chi connectivity index (χ1) is 8.24. The molecule has 4 nitrogen and oxygen atoms in total. The number of hydrogen-bond donors (Lipinski definition) is 1. The molecule has 1 aromatic carbocycles. The lowest BCUT2D eigenvalue weighted by Gasteiger charge is -2.17. The minimum atomic E-state index is 0.241. The van der Waals surface area contributed by atoms with Gasteiger partial charge in [-0.15, -0.1) is 5.10 Å². The number of hydrogen-bond acceptors (Lipinski definition) is 3. The topological polar surface area (TPSA) is 56.7 Å². The second-order valence-electron chi connectivity index (χ2n) is 4.74. The third-order valence-corrected chi connectivity index (χ3v) is 3.30. The lowest BCUT2D eigenvalue weighted by atomic mass is 9.96. The van der Waals surface area contributed by atoms with Crippen molar-refractivity contribution < 1.29 is 0 Å². The molecule has 1 aliphatic carbocycles. The highest BCUT2D eigenvalue weighted by Gasteiger charge is 2.21. The summed E-state index contributed by atoms with van der Waals surface area (Å²) >= 11 is 0. The minimum Gasteiger partial charge on any atom is -0.327 e. The van der Waals surface area contributed by atoms with Crippen molar-refractivity contribution in [3.63, 3.8) is 0 Å². The van der Waals surface area contributed by atoms with E-state index >= 15 is 0 Å². The van der Waals surface area contributed by atoms with Crippen molar-refractivity contribution in [3.8, 4) is 5.69 Å². The summed E-state index contributed by atoms with van der Waals surface area (Å²) in [6.45, 7) is 2.09. The van der Waals surface area contributed by atoms with Gasteiger partial charge in [-0.2, -0.15) is 0 Å². The summed E-state index contributed by atoms with van der Waals surface area (Å²) in [5, 5.41) is 8.50. The Kier molecular flexibility index (Phi) is 2.44. The molecule has 0 amide bonds. The molecule has 1 unspecified atom stereocenters. The Morgan fingerprint density at radius 1 is 1.41 bits per heavy atom. The number of fused-ring (bicyclic) bond motifs is 1. The number of aryl methyl sites for hydroxylation is 1. The van der Waals surface area contributed by atoms with E-state index in [1.54, 1.807) is 0 Å². The maximum absolute atomic E-state index is 5.94. The van der Waals surface area contributed by atoms with Gasteiger partial charge in [-0.25, -0.2) is 4.68 Å². The van der Waals surface area contributed by atoms with Crippen molar-refractivity contribution in [1.29, 1.82) is 0 Å². The monoisotopic (exact) mass is 228 g/mol. The molecule has 0 radical (unpaired) electrons. The first kappa shape index (κ1) is 10.5. The first-order valence-corrected chi connectivity index (χ1v) is 6.00. The van der Waals surface area contributed by atoms with Crippen LogP contribution >= 0.6 is 0 Å². The van der Waals surface area contributed by atoms with Crippen LogP contribution in [0.25, 0.3) is 5.69 Å². The van der Waals surface area contributed by atoms with E-state index in [2.05, 4.69) is 35.4 Å². The van der Waals surface area contributed by atoms with Gasteiger partial charge in [0.25, 0.3) is 0 Å². The Balaban J connectivity index is 2.05. The normalized spacial score (nSPS) is 19.1. The van der Waals surface area contributed by atoms with Crippen LogP contribution in [0.15, 0.2) is 24.3 Å². The van der Waals surface area contributed by atoms with Crippen LogP contribution in [0.3, 0.4) is 0 Å². The summed E-state index contributed by atoms with van der Waals surface area (Å²) in [5.74, 6) is 0. The molecule has 4 heteroatoms. The average molecular weight is 228 g/mol. The molecule has 1 aromatic heterocycles. The molecule has 2 N–H and O–H groups in total. The number of rotatable bonds is 1. The smallest absolute Gasteiger partial charge is 0.0879 e. The summed E-state index contributed by atoms with van der Waals surface area (Å²) < 4.78 is 1.95. The molecule has 3 rings (SSSR count). The van der Waals surface area contributed by atoms with Crippen LogP contribution in [0, 0.1) is 6.92 Å². The zero-order valence-electron chi connectivity index (χ0n) is 9.93. The van der Waals surface area contributed by atoms with Gasteiger partial charge in [-0.05, 0) is 37.5 Å². The predicted octanol–water partition coefficient (Wildman–Crippen LogP) is 1.39. The van der Waals surface area contributed by atoms with E-state index in [-0.39, 0.29) is 6.04 Å². The summed E-state index contributed by atoms with van der Waals surface area (Å²) in [5.41, 5.74) is 10.6. The second kappa shape index (κ2) is 3.96. The molecular weight excluding hydrogens is 212 g/mol. The number of nitrogens with zero attached hydrogens (tertiary/aromatic N) is 3. The molecule has 0 fully saturated rings. The third-order valence-electron chi connectivity index (χ3n) is 3.30. The minimum absolute atomic E-state index is 0.241.